The summed E-state index contributed by atoms with van der Waals surface area (Å²) in [5, 5.41) is 3.47. The van der Waals surface area contributed by atoms with Gasteiger partial charge in [-0.1, -0.05) is 121 Å². The Bertz CT molecular complexity index is 2810. The zero-order chi connectivity index (χ0) is 33.0. The van der Waals surface area contributed by atoms with Crippen LogP contribution in [0.15, 0.2) is 152 Å². The molecular formula is C43H25N5S2. The highest BCUT2D eigenvalue weighted by Crippen LogP contribution is 2.45. The van der Waals surface area contributed by atoms with Gasteiger partial charge in [-0.15, -0.1) is 22.7 Å². The van der Waals surface area contributed by atoms with Gasteiger partial charge in [-0.3, -0.25) is 0 Å². The number of benzene rings is 6. The SMILES string of the molecule is c1ccc(-c2nc(-c3ccccc3)nc(-c3ccc4sc5cccc(-c6nc(-c7ccccc7)nc7c6sc6ccccc67)c5c4c3)n2)cc1. The third kappa shape index (κ3) is 4.86. The molecule has 0 N–H and O–H groups in total. The summed E-state index contributed by atoms with van der Waals surface area (Å²) in [7, 11) is 0. The van der Waals surface area contributed by atoms with Crippen molar-refractivity contribution in [2.24, 2.45) is 0 Å². The molecule has 0 aliphatic rings. The maximum atomic E-state index is 5.32. The third-order valence-electron chi connectivity index (χ3n) is 8.96. The Morgan fingerprint density at radius 3 is 1.56 bits per heavy atom. The molecule has 0 aliphatic heterocycles. The Balaban J connectivity index is 1.22. The van der Waals surface area contributed by atoms with E-state index in [2.05, 4.69) is 72.8 Å². The molecule has 0 fully saturated rings. The molecule has 0 unspecified atom stereocenters. The Kier molecular flexibility index (Phi) is 6.79. The van der Waals surface area contributed by atoms with Crippen molar-refractivity contribution in [1.29, 1.82) is 0 Å². The van der Waals surface area contributed by atoms with Gasteiger partial charge < -0.3 is 0 Å². The van der Waals surface area contributed by atoms with Crippen molar-refractivity contribution < 1.29 is 0 Å². The van der Waals surface area contributed by atoms with E-state index >= 15 is 0 Å². The molecule has 0 aliphatic carbocycles. The lowest BCUT2D eigenvalue weighted by molar-refractivity contribution is 1.07. The molecule has 0 radical (unpaired) electrons. The maximum absolute atomic E-state index is 5.32. The molecule has 0 amide bonds. The molecule has 10 rings (SSSR count). The second kappa shape index (κ2) is 11.8. The van der Waals surface area contributed by atoms with E-state index in [9.17, 15) is 0 Å². The normalized spacial score (nSPS) is 11.6. The van der Waals surface area contributed by atoms with Crippen LogP contribution in [0.4, 0.5) is 0 Å². The predicted molar refractivity (Wildman–Crippen MR) is 208 cm³/mol. The summed E-state index contributed by atoms with van der Waals surface area (Å²) in [5.41, 5.74) is 6.85. The predicted octanol–water partition coefficient (Wildman–Crippen LogP) is 11.7. The molecule has 0 saturated heterocycles. The van der Waals surface area contributed by atoms with Gasteiger partial charge in [-0.05, 0) is 30.3 Å². The molecule has 0 saturated carbocycles. The molecule has 0 spiro atoms. The lowest BCUT2D eigenvalue weighted by Crippen LogP contribution is -2.00. The van der Waals surface area contributed by atoms with Crippen LogP contribution in [0.5, 0.6) is 0 Å². The molecule has 0 bridgehead atoms. The van der Waals surface area contributed by atoms with Gasteiger partial charge >= 0.3 is 0 Å². The van der Waals surface area contributed by atoms with Gasteiger partial charge in [-0.25, -0.2) is 24.9 Å². The average Bonchev–Trinajstić information content (AvgIpc) is 3.77. The number of hydrogen-bond acceptors (Lipinski definition) is 7. The highest BCUT2D eigenvalue weighted by atomic mass is 32.1. The molecule has 4 aromatic heterocycles. The molecule has 234 valence electrons. The van der Waals surface area contributed by atoms with Crippen molar-refractivity contribution in [3.05, 3.63) is 152 Å². The minimum atomic E-state index is 0.636. The fourth-order valence-corrected chi connectivity index (χ4v) is 8.85. The fourth-order valence-electron chi connectivity index (χ4n) is 6.59. The minimum Gasteiger partial charge on any atom is -0.226 e. The molecule has 7 heteroatoms. The summed E-state index contributed by atoms with van der Waals surface area (Å²) in [6.45, 7) is 0. The van der Waals surface area contributed by atoms with Crippen LogP contribution in [0.3, 0.4) is 0 Å². The van der Waals surface area contributed by atoms with Crippen molar-refractivity contribution in [3.63, 3.8) is 0 Å². The zero-order valence-corrected chi connectivity index (χ0v) is 28.1. The van der Waals surface area contributed by atoms with E-state index in [1.54, 1.807) is 22.7 Å². The van der Waals surface area contributed by atoms with Crippen molar-refractivity contribution in [2.75, 3.05) is 0 Å². The topological polar surface area (TPSA) is 64.5 Å². The first-order valence-corrected chi connectivity index (χ1v) is 18.0. The molecular weight excluding hydrogens is 651 g/mol. The van der Waals surface area contributed by atoms with Crippen LogP contribution in [0.25, 0.3) is 97.3 Å². The summed E-state index contributed by atoms with van der Waals surface area (Å²) in [5.74, 6) is 2.65. The molecule has 10 aromatic rings. The lowest BCUT2D eigenvalue weighted by Gasteiger charge is -2.10. The third-order valence-corrected chi connectivity index (χ3v) is 11.3. The van der Waals surface area contributed by atoms with E-state index in [4.69, 9.17) is 24.9 Å². The van der Waals surface area contributed by atoms with E-state index in [1.807, 2.05) is 78.9 Å². The van der Waals surface area contributed by atoms with Gasteiger partial charge in [0, 0.05) is 58.1 Å². The molecule has 4 heterocycles. The number of aromatic nitrogens is 5. The average molecular weight is 676 g/mol. The molecule has 6 aromatic carbocycles. The summed E-state index contributed by atoms with van der Waals surface area (Å²) in [6, 6.07) is 52.1. The summed E-state index contributed by atoms with van der Waals surface area (Å²) >= 11 is 3.55. The van der Waals surface area contributed by atoms with Gasteiger partial charge in [0.25, 0.3) is 0 Å². The number of hydrogen-bond donors (Lipinski definition) is 0. The number of nitrogens with zero attached hydrogens (tertiary/aromatic N) is 5. The lowest BCUT2D eigenvalue weighted by atomic mass is 10.0. The van der Waals surface area contributed by atoms with Gasteiger partial charge in [0.2, 0.25) is 0 Å². The van der Waals surface area contributed by atoms with Gasteiger partial charge in [-0.2, -0.15) is 0 Å². The number of fused-ring (bicyclic) bond motifs is 6. The number of rotatable bonds is 5. The van der Waals surface area contributed by atoms with Crippen LogP contribution in [0.2, 0.25) is 0 Å². The van der Waals surface area contributed by atoms with Gasteiger partial charge in [0.1, 0.15) is 0 Å². The van der Waals surface area contributed by atoms with Crippen LogP contribution in [-0.2, 0) is 0 Å². The highest BCUT2D eigenvalue weighted by Gasteiger charge is 2.21. The first-order chi connectivity index (χ1) is 24.8. The zero-order valence-electron chi connectivity index (χ0n) is 26.5. The molecule has 5 nitrogen and oxygen atoms in total. The van der Waals surface area contributed by atoms with Crippen LogP contribution >= 0.6 is 22.7 Å². The van der Waals surface area contributed by atoms with Gasteiger partial charge in [0.05, 0.1) is 15.9 Å². The second-order valence-corrected chi connectivity index (χ2v) is 14.2. The first kappa shape index (κ1) is 28.8. The van der Waals surface area contributed by atoms with Crippen LogP contribution in [-0.4, -0.2) is 24.9 Å². The van der Waals surface area contributed by atoms with E-state index in [1.165, 1.54) is 19.5 Å². The van der Waals surface area contributed by atoms with Crippen molar-refractivity contribution in [1.82, 2.24) is 24.9 Å². The van der Waals surface area contributed by atoms with Crippen LogP contribution in [0, 0.1) is 0 Å². The smallest absolute Gasteiger partial charge is 0.164 e. The van der Waals surface area contributed by atoms with E-state index in [-0.39, 0.29) is 0 Å². The minimum absolute atomic E-state index is 0.636. The van der Waals surface area contributed by atoms with Crippen molar-refractivity contribution >= 4 is 63.1 Å². The summed E-state index contributed by atoms with van der Waals surface area (Å²) in [6.07, 6.45) is 0. The molecule has 0 atom stereocenters. The Labute approximate surface area is 295 Å². The second-order valence-electron chi connectivity index (χ2n) is 12.1. The highest BCUT2D eigenvalue weighted by molar-refractivity contribution is 7.26. The van der Waals surface area contributed by atoms with Crippen LogP contribution < -0.4 is 0 Å². The quantitative estimate of drug-likeness (QED) is 0.182. The summed E-state index contributed by atoms with van der Waals surface area (Å²) in [4.78, 5) is 25.4. The van der Waals surface area contributed by atoms with Gasteiger partial charge in [0.15, 0.2) is 23.3 Å². The molecule has 50 heavy (non-hydrogen) atoms. The first-order valence-electron chi connectivity index (χ1n) is 16.3. The monoisotopic (exact) mass is 675 g/mol. The Hall–Kier alpha value is -6.15. The Morgan fingerprint density at radius 2 is 0.900 bits per heavy atom. The van der Waals surface area contributed by atoms with E-state index in [0.29, 0.717) is 17.5 Å². The van der Waals surface area contributed by atoms with Crippen molar-refractivity contribution in [2.45, 2.75) is 0 Å². The van der Waals surface area contributed by atoms with Crippen molar-refractivity contribution in [3.8, 4) is 56.8 Å². The number of thiophene rings is 2. The largest absolute Gasteiger partial charge is 0.226 e. The standard InChI is InChI=1S/C43H25N5S2/c1-4-13-26(14-5-1)40-44-37-30-19-10-11-21-33(30)50-39(37)38(45-40)31-20-12-22-35-36(31)32-25-29(23-24-34(32)49-35)43-47-41(27-15-6-2-7-16-27)46-42(48-43)28-17-8-3-9-18-28/h1-25H. The van der Waals surface area contributed by atoms with E-state index in [0.717, 1.165) is 60.3 Å². The summed E-state index contributed by atoms with van der Waals surface area (Å²) < 4.78 is 4.69. The maximum Gasteiger partial charge on any atom is 0.164 e. The van der Waals surface area contributed by atoms with E-state index < -0.39 is 0 Å². The van der Waals surface area contributed by atoms with Crippen LogP contribution in [0.1, 0.15) is 0 Å². The Morgan fingerprint density at radius 1 is 0.360 bits per heavy atom. The fraction of sp³-hybridized carbons (Fsp3) is 0.